The second-order valence-corrected chi connectivity index (χ2v) is 12.3. The van der Waals surface area contributed by atoms with Gasteiger partial charge in [-0.15, -0.1) is 0 Å². The topological polar surface area (TPSA) is 138 Å². The van der Waals surface area contributed by atoms with Crippen LogP contribution in [-0.4, -0.2) is 73.1 Å². The molecule has 11 nitrogen and oxygen atoms in total. The molecule has 2 aliphatic heterocycles. The SMILES string of the molecule is COc1ccc(S(=O)(=O)n2c(=O)n(C(C(=O)N3CC[C@H](NC4CNC4)C3)c3ccccc3)c3cc(C#N)ccc32)cc1. The van der Waals surface area contributed by atoms with Gasteiger partial charge in [0.25, 0.3) is 15.9 Å². The van der Waals surface area contributed by atoms with E-state index in [9.17, 15) is 23.3 Å². The minimum absolute atomic E-state index is 0.0713. The Morgan fingerprint density at radius 1 is 1.05 bits per heavy atom. The first kappa shape index (κ1) is 27.7. The lowest BCUT2D eigenvalue weighted by molar-refractivity contribution is -0.132. The molecule has 12 heteroatoms. The second-order valence-electron chi connectivity index (χ2n) is 10.5. The van der Waals surface area contributed by atoms with Gasteiger partial charge >= 0.3 is 5.69 Å². The number of nitrogens with zero attached hydrogens (tertiary/aromatic N) is 4. The smallest absolute Gasteiger partial charge is 0.344 e. The van der Waals surface area contributed by atoms with E-state index in [-0.39, 0.29) is 33.4 Å². The maximum atomic E-state index is 14.3. The van der Waals surface area contributed by atoms with Crippen molar-refractivity contribution in [3.8, 4) is 11.8 Å². The third kappa shape index (κ3) is 4.85. The Morgan fingerprint density at radius 2 is 1.79 bits per heavy atom. The van der Waals surface area contributed by atoms with Gasteiger partial charge in [0, 0.05) is 38.3 Å². The lowest BCUT2D eigenvalue weighted by Gasteiger charge is -2.31. The van der Waals surface area contributed by atoms with E-state index in [1.165, 1.54) is 54.1 Å². The zero-order valence-corrected chi connectivity index (χ0v) is 23.8. The van der Waals surface area contributed by atoms with Crippen LogP contribution in [0.1, 0.15) is 23.6 Å². The van der Waals surface area contributed by atoms with Crippen LogP contribution in [0.25, 0.3) is 11.0 Å². The van der Waals surface area contributed by atoms with Crippen LogP contribution in [0.3, 0.4) is 0 Å². The fourth-order valence-corrected chi connectivity index (χ4v) is 7.04. The zero-order chi connectivity index (χ0) is 29.4. The second kappa shape index (κ2) is 11.1. The molecule has 1 aromatic heterocycles. The molecule has 6 rings (SSSR count). The number of likely N-dealkylation sites (tertiary alicyclic amines) is 1. The Bertz CT molecular complexity index is 1840. The molecule has 216 valence electrons. The normalized spacial score (nSPS) is 18.0. The van der Waals surface area contributed by atoms with E-state index in [0.29, 0.717) is 34.4 Å². The van der Waals surface area contributed by atoms with E-state index < -0.39 is 21.8 Å². The van der Waals surface area contributed by atoms with Gasteiger partial charge < -0.3 is 20.3 Å². The molecular formula is C30H30N6O5S. The number of hydrogen-bond donors (Lipinski definition) is 2. The number of aromatic nitrogens is 2. The molecule has 0 spiro atoms. The van der Waals surface area contributed by atoms with E-state index >= 15 is 0 Å². The third-order valence-corrected chi connectivity index (χ3v) is 9.62. The van der Waals surface area contributed by atoms with Crippen molar-refractivity contribution in [3.05, 3.63) is 94.4 Å². The highest BCUT2D eigenvalue weighted by atomic mass is 32.2. The van der Waals surface area contributed by atoms with Crippen LogP contribution in [0, 0.1) is 11.3 Å². The number of ether oxygens (including phenoxy) is 1. The summed E-state index contributed by atoms with van der Waals surface area (Å²) in [4.78, 5) is 30.2. The van der Waals surface area contributed by atoms with E-state index in [1.807, 2.05) is 6.07 Å². The summed E-state index contributed by atoms with van der Waals surface area (Å²) in [5.41, 5.74) is 0.115. The van der Waals surface area contributed by atoms with Crippen molar-refractivity contribution in [1.29, 1.82) is 5.26 Å². The number of carbonyl (C=O) groups is 1. The molecule has 3 aromatic carbocycles. The third-order valence-electron chi connectivity index (χ3n) is 7.92. The molecule has 2 aliphatic rings. The van der Waals surface area contributed by atoms with E-state index in [4.69, 9.17) is 4.74 Å². The summed E-state index contributed by atoms with van der Waals surface area (Å²) in [6.45, 7) is 2.74. The van der Waals surface area contributed by atoms with Gasteiger partial charge in [0.15, 0.2) is 0 Å². The summed E-state index contributed by atoms with van der Waals surface area (Å²) >= 11 is 0. The predicted molar refractivity (Wildman–Crippen MR) is 156 cm³/mol. The molecule has 1 amide bonds. The van der Waals surface area contributed by atoms with Crippen molar-refractivity contribution < 1.29 is 17.9 Å². The molecule has 2 saturated heterocycles. The molecule has 0 bridgehead atoms. The molecule has 0 aliphatic carbocycles. The maximum Gasteiger partial charge on any atom is 0.344 e. The Morgan fingerprint density at radius 3 is 2.43 bits per heavy atom. The number of fused-ring (bicyclic) bond motifs is 1. The van der Waals surface area contributed by atoms with Crippen LogP contribution in [0.4, 0.5) is 0 Å². The largest absolute Gasteiger partial charge is 0.497 e. The Labute approximate surface area is 243 Å². The number of imidazole rings is 1. The minimum atomic E-state index is -4.40. The molecule has 0 radical (unpaired) electrons. The fraction of sp³-hybridized carbons (Fsp3) is 0.300. The van der Waals surface area contributed by atoms with E-state index in [1.54, 1.807) is 29.2 Å². The number of carbonyl (C=O) groups excluding carboxylic acids is 1. The molecule has 2 N–H and O–H groups in total. The monoisotopic (exact) mass is 586 g/mol. The Balaban J connectivity index is 1.50. The molecule has 0 saturated carbocycles. The zero-order valence-electron chi connectivity index (χ0n) is 22.9. The van der Waals surface area contributed by atoms with Crippen molar-refractivity contribution in [1.82, 2.24) is 24.1 Å². The number of nitrogens with one attached hydrogen (secondary N) is 2. The highest BCUT2D eigenvalue weighted by Gasteiger charge is 2.37. The number of benzene rings is 3. The molecule has 42 heavy (non-hydrogen) atoms. The number of amides is 1. The van der Waals surface area contributed by atoms with Crippen LogP contribution >= 0.6 is 0 Å². The average Bonchev–Trinajstić information content (AvgIpc) is 3.58. The van der Waals surface area contributed by atoms with Crippen molar-refractivity contribution >= 4 is 27.0 Å². The summed E-state index contributed by atoms with van der Waals surface area (Å²) < 4.78 is 35.0. The molecule has 2 fully saturated rings. The van der Waals surface area contributed by atoms with E-state index in [0.717, 1.165) is 19.5 Å². The quantitative estimate of drug-likeness (QED) is 0.318. The van der Waals surface area contributed by atoms with Gasteiger partial charge in [-0.3, -0.25) is 9.36 Å². The van der Waals surface area contributed by atoms with Gasteiger partial charge in [-0.1, -0.05) is 30.3 Å². The molecular weight excluding hydrogens is 556 g/mol. The van der Waals surface area contributed by atoms with Crippen LogP contribution < -0.4 is 21.1 Å². The first-order chi connectivity index (χ1) is 20.3. The predicted octanol–water partition coefficient (Wildman–Crippen LogP) is 1.67. The lowest BCUT2D eigenvalue weighted by atomic mass is 10.0. The molecule has 1 unspecified atom stereocenters. The maximum absolute atomic E-state index is 14.3. The van der Waals surface area contributed by atoms with Crippen LogP contribution in [0.15, 0.2) is 82.5 Å². The summed E-state index contributed by atoms with van der Waals surface area (Å²) in [7, 11) is -2.92. The van der Waals surface area contributed by atoms with Gasteiger partial charge in [0.2, 0.25) is 0 Å². The highest BCUT2D eigenvalue weighted by Crippen LogP contribution is 2.29. The fourth-order valence-electron chi connectivity index (χ4n) is 5.64. The number of rotatable bonds is 8. The minimum Gasteiger partial charge on any atom is -0.497 e. The highest BCUT2D eigenvalue weighted by molar-refractivity contribution is 7.90. The van der Waals surface area contributed by atoms with Gasteiger partial charge in [0.1, 0.15) is 11.8 Å². The lowest BCUT2D eigenvalue weighted by Crippen LogP contribution is -2.58. The van der Waals surface area contributed by atoms with Crippen molar-refractivity contribution in [2.75, 3.05) is 33.3 Å². The summed E-state index contributed by atoms with van der Waals surface area (Å²) in [5, 5.41) is 16.5. The van der Waals surface area contributed by atoms with E-state index in [2.05, 4.69) is 16.7 Å². The van der Waals surface area contributed by atoms with Crippen molar-refractivity contribution in [2.45, 2.75) is 29.4 Å². The molecule has 4 aromatic rings. The first-order valence-corrected chi connectivity index (χ1v) is 15.1. The van der Waals surface area contributed by atoms with Gasteiger partial charge in [-0.2, -0.15) is 9.23 Å². The van der Waals surface area contributed by atoms with Gasteiger partial charge in [-0.25, -0.2) is 13.2 Å². The Hall–Kier alpha value is -4.44. The molecule has 3 heterocycles. The first-order valence-electron chi connectivity index (χ1n) is 13.7. The van der Waals surface area contributed by atoms with Gasteiger partial charge in [-0.05, 0) is 54.4 Å². The summed E-state index contributed by atoms with van der Waals surface area (Å²) in [6.07, 6.45) is 0.769. The number of nitriles is 1. The van der Waals surface area contributed by atoms with Crippen molar-refractivity contribution in [2.24, 2.45) is 0 Å². The Kier molecular flexibility index (Phi) is 7.32. The van der Waals surface area contributed by atoms with Gasteiger partial charge in [0.05, 0.1) is 34.7 Å². The van der Waals surface area contributed by atoms with Crippen LogP contribution in [0.2, 0.25) is 0 Å². The summed E-state index contributed by atoms with van der Waals surface area (Å²) in [6, 6.07) is 20.3. The van der Waals surface area contributed by atoms with Crippen molar-refractivity contribution in [3.63, 3.8) is 0 Å². The standard InChI is InChI=1S/C30H30N6O5S/c1-41-24-8-10-25(11-9-24)42(39,40)36-26-12-7-20(16-31)15-27(26)35(30(36)38)28(21-5-3-2-4-6-21)29(37)34-14-13-22(19-34)33-23-17-32-18-23/h2-12,15,22-23,28,32-33H,13-14,17-19H2,1H3/t22-,28?/m0/s1. The summed E-state index contributed by atoms with van der Waals surface area (Å²) in [5.74, 6) is 0.145. The van der Waals surface area contributed by atoms with Crippen LogP contribution in [-0.2, 0) is 14.8 Å². The van der Waals surface area contributed by atoms with Crippen LogP contribution in [0.5, 0.6) is 5.75 Å². The molecule has 2 atom stereocenters. The number of hydrogen-bond acceptors (Lipinski definition) is 8. The number of methoxy groups -OCH3 is 1. The average molecular weight is 587 g/mol.